The Hall–Kier alpha value is -2.64. The van der Waals surface area contributed by atoms with Crippen LogP contribution in [0.5, 0.6) is 0 Å². The molecule has 0 radical (unpaired) electrons. The monoisotopic (exact) mass is 417 g/mol. The van der Waals surface area contributed by atoms with Gasteiger partial charge in [0.05, 0.1) is 13.2 Å². The fourth-order valence-electron chi connectivity index (χ4n) is 3.59. The molecule has 0 aromatic heterocycles. The van der Waals surface area contributed by atoms with Crippen molar-refractivity contribution in [2.45, 2.75) is 6.54 Å². The van der Waals surface area contributed by atoms with Crippen molar-refractivity contribution in [1.29, 1.82) is 0 Å². The molecule has 2 amide bonds. The Kier molecular flexibility index (Phi) is 5.69. The van der Waals surface area contributed by atoms with Gasteiger partial charge in [-0.25, -0.2) is 4.39 Å². The lowest BCUT2D eigenvalue weighted by atomic mass is 10.1. The van der Waals surface area contributed by atoms with Gasteiger partial charge in [0.15, 0.2) is 0 Å². The first-order chi connectivity index (χ1) is 14.0. The van der Waals surface area contributed by atoms with Gasteiger partial charge in [0.1, 0.15) is 5.82 Å². The van der Waals surface area contributed by atoms with Crippen molar-refractivity contribution in [3.8, 4) is 0 Å². The van der Waals surface area contributed by atoms with Crippen LogP contribution < -0.4 is 9.80 Å². The van der Waals surface area contributed by atoms with Crippen molar-refractivity contribution in [2.24, 2.45) is 0 Å². The third-order valence-electron chi connectivity index (χ3n) is 5.22. The smallest absolute Gasteiger partial charge is 0.316 e. The van der Waals surface area contributed by atoms with Crippen LogP contribution in [0, 0.1) is 5.82 Å². The largest absolute Gasteiger partial charge is 0.378 e. The molecular weight excluding hydrogens is 397 g/mol. The summed E-state index contributed by atoms with van der Waals surface area (Å²) < 4.78 is 18.6. The Labute approximate surface area is 173 Å². The van der Waals surface area contributed by atoms with Crippen LogP contribution in [0.3, 0.4) is 0 Å². The Balaban J connectivity index is 1.43. The lowest BCUT2D eigenvalue weighted by Crippen LogP contribution is -2.54. The number of anilines is 2. The van der Waals surface area contributed by atoms with E-state index in [0.29, 0.717) is 37.6 Å². The average molecular weight is 418 g/mol. The van der Waals surface area contributed by atoms with Gasteiger partial charge in [0.2, 0.25) is 0 Å². The van der Waals surface area contributed by atoms with Gasteiger partial charge >= 0.3 is 11.8 Å². The molecule has 29 heavy (non-hydrogen) atoms. The van der Waals surface area contributed by atoms with Crippen LogP contribution in [0.25, 0.3) is 0 Å². The molecule has 2 aliphatic heterocycles. The highest BCUT2D eigenvalue weighted by atomic mass is 35.5. The van der Waals surface area contributed by atoms with Gasteiger partial charge in [-0.1, -0.05) is 17.7 Å². The molecular formula is C21H21ClFN3O3. The molecule has 2 heterocycles. The highest BCUT2D eigenvalue weighted by Crippen LogP contribution is 2.25. The van der Waals surface area contributed by atoms with Crippen molar-refractivity contribution in [3.63, 3.8) is 0 Å². The predicted octanol–water partition coefficient (Wildman–Crippen LogP) is 2.69. The topological polar surface area (TPSA) is 53.1 Å². The predicted molar refractivity (Wildman–Crippen MR) is 109 cm³/mol. The van der Waals surface area contributed by atoms with Gasteiger partial charge < -0.3 is 19.4 Å². The minimum atomic E-state index is -0.589. The number of nitrogens with zero attached hydrogens (tertiary/aromatic N) is 3. The number of ether oxygens (including phenoxy) is 1. The molecule has 2 aromatic carbocycles. The SMILES string of the molecule is O=C1C(=O)N(c2ccc(N3CCOCC3)cc2)CCN1Cc1ccc(F)cc1Cl. The summed E-state index contributed by atoms with van der Waals surface area (Å²) in [6, 6.07) is 11.7. The normalized spacial score (nSPS) is 17.8. The van der Waals surface area contributed by atoms with Crippen LogP contribution in [-0.2, 0) is 20.9 Å². The maximum atomic E-state index is 13.2. The summed E-state index contributed by atoms with van der Waals surface area (Å²) in [5.41, 5.74) is 2.37. The van der Waals surface area contributed by atoms with Crippen LogP contribution in [0.1, 0.15) is 5.56 Å². The number of carbonyl (C=O) groups excluding carboxylic acids is 2. The van der Waals surface area contributed by atoms with E-state index in [9.17, 15) is 14.0 Å². The van der Waals surface area contributed by atoms with Crippen molar-refractivity contribution in [2.75, 3.05) is 49.2 Å². The van der Waals surface area contributed by atoms with Gasteiger partial charge in [-0.3, -0.25) is 9.59 Å². The molecule has 8 heteroatoms. The Morgan fingerprint density at radius 3 is 2.28 bits per heavy atom. The van der Waals surface area contributed by atoms with Crippen molar-refractivity contribution >= 4 is 34.8 Å². The summed E-state index contributed by atoms with van der Waals surface area (Å²) in [5.74, 6) is -1.60. The van der Waals surface area contributed by atoms with Gasteiger partial charge in [-0.05, 0) is 42.0 Å². The van der Waals surface area contributed by atoms with E-state index in [0.717, 1.165) is 18.8 Å². The third kappa shape index (κ3) is 4.21. The minimum Gasteiger partial charge on any atom is -0.378 e. The summed E-state index contributed by atoms with van der Waals surface area (Å²) in [6.07, 6.45) is 0. The number of piperazine rings is 1. The molecule has 0 N–H and O–H groups in total. The van der Waals surface area contributed by atoms with Crippen molar-refractivity contribution in [3.05, 3.63) is 58.9 Å². The maximum Gasteiger partial charge on any atom is 0.316 e. The number of amides is 2. The van der Waals surface area contributed by atoms with E-state index < -0.39 is 17.6 Å². The molecule has 0 unspecified atom stereocenters. The first kappa shape index (κ1) is 19.7. The molecule has 0 saturated carbocycles. The molecule has 152 valence electrons. The molecule has 2 saturated heterocycles. The first-order valence-corrected chi connectivity index (χ1v) is 9.88. The molecule has 6 nitrogen and oxygen atoms in total. The minimum absolute atomic E-state index is 0.174. The van der Waals surface area contributed by atoms with Crippen molar-refractivity contribution in [1.82, 2.24) is 4.90 Å². The van der Waals surface area contributed by atoms with Crippen LogP contribution in [0.2, 0.25) is 5.02 Å². The van der Waals surface area contributed by atoms with Gasteiger partial charge in [-0.2, -0.15) is 0 Å². The number of benzene rings is 2. The standard InChI is InChI=1S/C21H21ClFN3O3/c22-19-13-16(23)2-1-15(19)14-25-7-8-26(21(28)20(25)27)18-5-3-17(4-6-18)24-9-11-29-12-10-24/h1-6,13H,7-12,14H2. The molecule has 0 bridgehead atoms. The molecule has 2 aliphatic rings. The second-order valence-corrected chi connectivity index (χ2v) is 7.44. The highest BCUT2D eigenvalue weighted by Gasteiger charge is 2.33. The summed E-state index contributed by atoms with van der Waals surface area (Å²) >= 11 is 6.05. The van der Waals surface area contributed by atoms with Gasteiger partial charge in [-0.15, -0.1) is 0 Å². The lowest BCUT2D eigenvalue weighted by molar-refractivity contribution is -0.146. The van der Waals surface area contributed by atoms with Crippen molar-refractivity contribution < 1.29 is 18.7 Å². The first-order valence-electron chi connectivity index (χ1n) is 9.50. The molecule has 0 aliphatic carbocycles. The average Bonchev–Trinajstić information content (AvgIpc) is 2.74. The molecule has 4 rings (SSSR count). The summed E-state index contributed by atoms with van der Waals surface area (Å²) in [6.45, 7) is 4.02. The van der Waals surface area contributed by atoms with E-state index in [4.69, 9.17) is 16.3 Å². The van der Waals surface area contributed by atoms with E-state index in [1.54, 1.807) is 0 Å². The number of rotatable bonds is 4. The number of morpholine rings is 1. The fraction of sp³-hybridized carbons (Fsp3) is 0.333. The number of carbonyl (C=O) groups is 2. The Morgan fingerprint density at radius 2 is 1.59 bits per heavy atom. The zero-order chi connectivity index (χ0) is 20.4. The molecule has 2 aromatic rings. The van der Waals surface area contributed by atoms with E-state index in [-0.39, 0.29) is 11.6 Å². The second kappa shape index (κ2) is 8.39. The van der Waals surface area contributed by atoms with Crippen LogP contribution >= 0.6 is 11.6 Å². The van der Waals surface area contributed by atoms with E-state index >= 15 is 0 Å². The Bertz CT molecular complexity index is 916. The van der Waals surface area contributed by atoms with Gasteiger partial charge in [0, 0.05) is 49.1 Å². The zero-order valence-corrected chi connectivity index (χ0v) is 16.6. The van der Waals surface area contributed by atoms with Crippen LogP contribution in [0.4, 0.5) is 15.8 Å². The maximum absolute atomic E-state index is 13.2. The Morgan fingerprint density at radius 1 is 0.897 bits per heavy atom. The number of hydrogen-bond donors (Lipinski definition) is 0. The van der Waals surface area contributed by atoms with Crippen LogP contribution in [0.15, 0.2) is 42.5 Å². The van der Waals surface area contributed by atoms with E-state index in [2.05, 4.69) is 4.90 Å². The van der Waals surface area contributed by atoms with E-state index in [1.165, 1.54) is 28.0 Å². The summed E-state index contributed by atoms with van der Waals surface area (Å²) in [7, 11) is 0. The molecule has 0 atom stereocenters. The summed E-state index contributed by atoms with van der Waals surface area (Å²) in [5, 5.41) is 0.242. The third-order valence-corrected chi connectivity index (χ3v) is 5.57. The highest BCUT2D eigenvalue weighted by molar-refractivity contribution is 6.41. The molecule has 2 fully saturated rings. The lowest BCUT2D eigenvalue weighted by Gasteiger charge is -2.34. The van der Waals surface area contributed by atoms with Gasteiger partial charge in [0.25, 0.3) is 0 Å². The second-order valence-electron chi connectivity index (χ2n) is 7.04. The quantitative estimate of drug-likeness (QED) is 0.718. The number of halogens is 2. The summed E-state index contributed by atoms with van der Waals surface area (Å²) in [4.78, 5) is 30.4. The number of hydrogen-bond acceptors (Lipinski definition) is 4. The fourth-order valence-corrected chi connectivity index (χ4v) is 3.82. The van der Waals surface area contributed by atoms with E-state index in [1.807, 2.05) is 24.3 Å². The zero-order valence-electron chi connectivity index (χ0n) is 15.8. The molecule has 0 spiro atoms. The van der Waals surface area contributed by atoms with Crippen LogP contribution in [-0.4, -0.2) is 56.1 Å².